The lowest BCUT2D eigenvalue weighted by molar-refractivity contribution is 0.470. The van der Waals surface area contributed by atoms with Crippen LogP contribution in [0.25, 0.3) is 0 Å². The van der Waals surface area contributed by atoms with E-state index in [9.17, 15) is 0 Å². The van der Waals surface area contributed by atoms with Crippen LogP contribution in [0.5, 0.6) is 0 Å². The molecule has 0 saturated carbocycles. The fourth-order valence-electron chi connectivity index (χ4n) is 0.846. The van der Waals surface area contributed by atoms with Crippen molar-refractivity contribution in [2.24, 2.45) is 0 Å². The molecule has 11 heavy (non-hydrogen) atoms. The third-order valence-corrected chi connectivity index (χ3v) is 1.54. The number of hydrogen-bond donors (Lipinski definition) is 2. The van der Waals surface area contributed by atoms with Crippen molar-refractivity contribution >= 4 is 0 Å². The van der Waals surface area contributed by atoms with Crippen LogP contribution in [0, 0.1) is 0 Å². The van der Waals surface area contributed by atoms with E-state index in [2.05, 4.69) is 12.2 Å². The molecular weight excluding hydrogens is 138 g/mol. The molecule has 0 unspecified atom stereocenters. The van der Waals surface area contributed by atoms with Crippen molar-refractivity contribution in [3.8, 4) is 0 Å². The summed E-state index contributed by atoms with van der Waals surface area (Å²) in [6, 6.07) is 0. The summed E-state index contributed by atoms with van der Waals surface area (Å²) in [6.45, 7) is 4.37. The Morgan fingerprint density at radius 1 is 1.27 bits per heavy atom. The summed E-state index contributed by atoms with van der Waals surface area (Å²) in [7, 11) is 0. The first-order chi connectivity index (χ1) is 5.41. The van der Waals surface area contributed by atoms with Gasteiger partial charge in [-0.05, 0) is 32.4 Å². The number of unbranched alkanes of at least 4 members (excludes halogenated alkanes) is 2. The topological polar surface area (TPSA) is 32.3 Å². The van der Waals surface area contributed by atoms with Gasteiger partial charge in [0, 0.05) is 0 Å². The SMILES string of the molecule is CCCCNCCCC=CO. The van der Waals surface area contributed by atoms with Crippen molar-refractivity contribution in [2.45, 2.75) is 32.6 Å². The molecular formula is C9H19NO. The van der Waals surface area contributed by atoms with Crippen LogP contribution in [0.2, 0.25) is 0 Å². The van der Waals surface area contributed by atoms with Crippen LogP contribution in [-0.4, -0.2) is 18.2 Å². The predicted molar refractivity (Wildman–Crippen MR) is 48.8 cm³/mol. The molecule has 2 N–H and O–H groups in total. The van der Waals surface area contributed by atoms with Crippen LogP contribution in [0.15, 0.2) is 12.3 Å². The van der Waals surface area contributed by atoms with Gasteiger partial charge in [0.1, 0.15) is 0 Å². The summed E-state index contributed by atoms with van der Waals surface area (Å²) in [5.41, 5.74) is 0. The van der Waals surface area contributed by atoms with Gasteiger partial charge in [0.05, 0.1) is 6.26 Å². The first-order valence-corrected chi connectivity index (χ1v) is 4.41. The second-order valence-electron chi connectivity index (χ2n) is 2.63. The van der Waals surface area contributed by atoms with Gasteiger partial charge in [-0.3, -0.25) is 0 Å². The van der Waals surface area contributed by atoms with Gasteiger partial charge >= 0.3 is 0 Å². The van der Waals surface area contributed by atoms with E-state index in [4.69, 9.17) is 5.11 Å². The maximum atomic E-state index is 8.31. The largest absolute Gasteiger partial charge is 0.516 e. The van der Waals surface area contributed by atoms with Crippen LogP contribution in [0.4, 0.5) is 0 Å². The van der Waals surface area contributed by atoms with E-state index in [1.54, 1.807) is 6.08 Å². The van der Waals surface area contributed by atoms with Crippen molar-refractivity contribution in [3.63, 3.8) is 0 Å². The van der Waals surface area contributed by atoms with Crippen molar-refractivity contribution in [2.75, 3.05) is 13.1 Å². The molecule has 0 aromatic heterocycles. The maximum Gasteiger partial charge on any atom is 0.0751 e. The van der Waals surface area contributed by atoms with Crippen LogP contribution in [0.1, 0.15) is 32.6 Å². The molecule has 0 aliphatic carbocycles. The number of aliphatic hydroxyl groups excluding tert-OH is 1. The molecule has 0 heterocycles. The van der Waals surface area contributed by atoms with Gasteiger partial charge in [-0.2, -0.15) is 0 Å². The summed E-state index contributed by atoms with van der Waals surface area (Å²) in [4.78, 5) is 0. The molecule has 66 valence electrons. The Hall–Kier alpha value is -0.500. The molecule has 0 aromatic carbocycles. The maximum absolute atomic E-state index is 8.31. The summed E-state index contributed by atoms with van der Waals surface area (Å²) >= 11 is 0. The molecule has 0 aliphatic heterocycles. The second kappa shape index (κ2) is 9.50. The van der Waals surface area contributed by atoms with Gasteiger partial charge in [-0.25, -0.2) is 0 Å². The normalized spacial score (nSPS) is 11.0. The first kappa shape index (κ1) is 10.5. The van der Waals surface area contributed by atoms with E-state index in [0.717, 1.165) is 32.2 Å². The van der Waals surface area contributed by atoms with Gasteiger partial charge in [-0.1, -0.05) is 19.4 Å². The lowest BCUT2D eigenvalue weighted by Crippen LogP contribution is -2.16. The van der Waals surface area contributed by atoms with Gasteiger partial charge in [0.15, 0.2) is 0 Å². The van der Waals surface area contributed by atoms with Gasteiger partial charge < -0.3 is 10.4 Å². The highest BCUT2D eigenvalue weighted by Crippen LogP contribution is 1.88. The Morgan fingerprint density at radius 2 is 2.00 bits per heavy atom. The third-order valence-electron chi connectivity index (χ3n) is 1.54. The minimum absolute atomic E-state index is 0.968. The first-order valence-electron chi connectivity index (χ1n) is 4.41. The zero-order valence-corrected chi connectivity index (χ0v) is 7.34. The zero-order valence-electron chi connectivity index (χ0n) is 7.34. The summed E-state index contributed by atoms with van der Waals surface area (Å²) < 4.78 is 0. The Kier molecular flexibility index (Phi) is 9.07. The summed E-state index contributed by atoms with van der Waals surface area (Å²) in [5, 5.41) is 11.6. The van der Waals surface area contributed by atoms with Crippen LogP contribution in [-0.2, 0) is 0 Å². The lowest BCUT2D eigenvalue weighted by Gasteiger charge is -2.00. The fraction of sp³-hybridized carbons (Fsp3) is 0.778. The van der Waals surface area contributed by atoms with Crippen LogP contribution in [0.3, 0.4) is 0 Å². The quantitative estimate of drug-likeness (QED) is 0.439. The molecule has 0 rings (SSSR count). The number of rotatable bonds is 7. The molecule has 0 fully saturated rings. The summed E-state index contributed by atoms with van der Waals surface area (Å²) in [5.74, 6) is 0. The van der Waals surface area contributed by atoms with E-state index in [-0.39, 0.29) is 0 Å². The highest BCUT2D eigenvalue weighted by Gasteiger charge is 1.84. The third kappa shape index (κ3) is 9.50. The molecule has 0 aliphatic rings. The van der Waals surface area contributed by atoms with Crippen molar-refractivity contribution in [3.05, 3.63) is 12.3 Å². The van der Waals surface area contributed by atoms with Gasteiger partial charge in [-0.15, -0.1) is 0 Å². The molecule has 0 spiro atoms. The molecule has 0 amide bonds. The van der Waals surface area contributed by atoms with E-state index in [1.165, 1.54) is 12.8 Å². The van der Waals surface area contributed by atoms with Crippen LogP contribution < -0.4 is 5.32 Å². The molecule has 2 nitrogen and oxygen atoms in total. The Labute approximate surface area is 69.3 Å². The molecule has 0 radical (unpaired) electrons. The predicted octanol–water partition coefficient (Wildman–Crippen LogP) is 2.23. The Balaban J connectivity index is 2.79. The summed E-state index contributed by atoms with van der Waals surface area (Å²) in [6.07, 6.45) is 7.49. The average Bonchev–Trinajstić information content (AvgIpc) is 2.03. The zero-order chi connectivity index (χ0) is 8.36. The number of hydrogen-bond acceptors (Lipinski definition) is 2. The molecule has 0 aromatic rings. The van der Waals surface area contributed by atoms with Gasteiger partial charge in [0.25, 0.3) is 0 Å². The van der Waals surface area contributed by atoms with E-state index >= 15 is 0 Å². The molecule has 0 bridgehead atoms. The fourth-order valence-corrected chi connectivity index (χ4v) is 0.846. The highest BCUT2D eigenvalue weighted by molar-refractivity contribution is 4.71. The van der Waals surface area contributed by atoms with E-state index < -0.39 is 0 Å². The van der Waals surface area contributed by atoms with E-state index in [1.807, 2.05) is 0 Å². The Bertz CT molecular complexity index is 91.6. The second-order valence-corrected chi connectivity index (χ2v) is 2.63. The van der Waals surface area contributed by atoms with Crippen LogP contribution >= 0.6 is 0 Å². The number of aliphatic hydroxyl groups is 1. The molecule has 0 atom stereocenters. The van der Waals surface area contributed by atoms with Gasteiger partial charge in [0.2, 0.25) is 0 Å². The lowest BCUT2D eigenvalue weighted by atomic mass is 10.3. The Morgan fingerprint density at radius 3 is 2.64 bits per heavy atom. The van der Waals surface area contributed by atoms with E-state index in [0.29, 0.717) is 0 Å². The van der Waals surface area contributed by atoms with Crippen molar-refractivity contribution in [1.29, 1.82) is 0 Å². The number of nitrogens with one attached hydrogen (secondary N) is 1. The minimum Gasteiger partial charge on any atom is -0.516 e. The highest BCUT2D eigenvalue weighted by atomic mass is 16.2. The molecule has 0 saturated heterocycles. The smallest absolute Gasteiger partial charge is 0.0751 e. The van der Waals surface area contributed by atoms with Crippen molar-refractivity contribution in [1.82, 2.24) is 5.32 Å². The average molecular weight is 157 g/mol. The number of allylic oxidation sites excluding steroid dienone is 1. The minimum atomic E-state index is 0.968. The molecule has 2 heteroatoms. The monoisotopic (exact) mass is 157 g/mol. The standard InChI is InChI=1S/C9H19NO/c1-2-3-7-10-8-5-4-6-9-11/h6,9-11H,2-5,7-8H2,1H3. The van der Waals surface area contributed by atoms with Crippen molar-refractivity contribution < 1.29 is 5.11 Å².